The van der Waals surface area contributed by atoms with Crippen LogP contribution in [0.5, 0.6) is 0 Å². The zero-order chi connectivity index (χ0) is 17.6. The van der Waals surface area contributed by atoms with Gasteiger partial charge >= 0.3 is 0 Å². The van der Waals surface area contributed by atoms with Gasteiger partial charge in [0.15, 0.2) is 0 Å². The highest BCUT2D eigenvalue weighted by atomic mass is 19.1. The highest BCUT2D eigenvalue weighted by Gasteiger charge is 2.41. The number of fused-ring (bicyclic) bond motifs is 1. The van der Waals surface area contributed by atoms with Crippen LogP contribution < -0.4 is 0 Å². The Morgan fingerprint density at radius 1 is 1.46 bits per heavy atom. The highest BCUT2D eigenvalue weighted by Crippen LogP contribution is 2.30. The van der Waals surface area contributed by atoms with Crippen molar-refractivity contribution in [3.05, 3.63) is 35.3 Å². The van der Waals surface area contributed by atoms with Gasteiger partial charge in [0, 0.05) is 31.0 Å². The van der Waals surface area contributed by atoms with Crippen molar-refractivity contribution in [2.24, 2.45) is 7.05 Å². The van der Waals surface area contributed by atoms with Gasteiger partial charge in [-0.05, 0) is 43.5 Å². The van der Waals surface area contributed by atoms with Crippen molar-refractivity contribution in [1.29, 1.82) is 0 Å². The summed E-state index contributed by atoms with van der Waals surface area (Å²) in [5.41, 5.74) is 0.876. The predicted octanol–water partition coefficient (Wildman–Crippen LogP) is 1.97. The maximum Gasteiger partial charge on any atom is 0.270 e. The zero-order valence-corrected chi connectivity index (χ0v) is 14.2. The van der Waals surface area contributed by atoms with E-state index in [4.69, 9.17) is 0 Å². The Hall–Kier alpha value is -1.92. The molecule has 2 heterocycles. The minimum Gasteiger partial charge on any atom is -0.388 e. The van der Waals surface area contributed by atoms with E-state index in [1.54, 1.807) is 29.5 Å². The maximum atomic E-state index is 13.5. The van der Waals surface area contributed by atoms with Crippen molar-refractivity contribution in [3.8, 4) is 0 Å². The summed E-state index contributed by atoms with van der Waals surface area (Å²) in [4.78, 5) is 14.5. The van der Waals surface area contributed by atoms with E-state index in [0.29, 0.717) is 30.5 Å². The number of aromatic nitrogens is 1. The number of likely N-dealkylation sites (tertiary alicyclic amines) is 1. The van der Waals surface area contributed by atoms with Crippen molar-refractivity contribution >= 4 is 16.8 Å². The third-order valence-corrected chi connectivity index (χ3v) is 5.34. The molecule has 1 fully saturated rings. The van der Waals surface area contributed by atoms with Crippen LogP contribution in [0.2, 0.25) is 0 Å². The van der Waals surface area contributed by atoms with Crippen LogP contribution in [0, 0.1) is 12.7 Å². The van der Waals surface area contributed by atoms with Gasteiger partial charge in [-0.15, -0.1) is 0 Å². The van der Waals surface area contributed by atoms with Gasteiger partial charge in [0.2, 0.25) is 0 Å². The molecule has 0 aliphatic carbocycles. The Bertz CT molecular complexity index is 801. The summed E-state index contributed by atoms with van der Waals surface area (Å²) < 4.78 is 15.3. The van der Waals surface area contributed by atoms with Gasteiger partial charge in [0.1, 0.15) is 17.6 Å². The number of hydrogen-bond donors (Lipinski definition) is 2. The van der Waals surface area contributed by atoms with Gasteiger partial charge in [0.05, 0.1) is 5.60 Å². The molecular weight excluding hydrogens is 311 g/mol. The largest absolute Gasteiger partial charge is 0.388 e. The number of aliphatic hydroxyl groups is 2. The van der Waals surface area contributed by atoms with Crippen LogP contribution in [0.3, 0.4) is 0 Å². The van der Waals surface area contributed by atoms with Crippen LogP contribution in [0.4, 0.5) is 4.39 Å². The fourth-order valence-corrected chi connectivity index (χ4v) is 3.62. The topological polar surface area (TPSA) is 65.7 Å². The van der Waals surface area contributed by atoms with Crippen molar-refractivity contribution < 1.29 is 19.4 Å². The maximum absolute atomic E-state index is 13.5. The number of β-amino-alcohol motifs (C(OH)–C–C–N with tert-alkyl or cyclic N) is 1. The van der Waals surface area contributed by atoms with Crippen LogP contribution in [-0.4, -0.2) is 50.4 Å². The molecule has 6 heteroatoms. The Kier molecular flexibility index (Phi) is 4.13. The normalized spacial score (nSPS) is 24.6. The Balaban J connectivity index is 1.95. The Morgan fingerprint density at radius 3 is 2.79 bits per heavy atom. The molecule has 2 N–H and O–H groups in total. The first-order chi connectivity index (χ1) is 11.3. The standard InChI is InChI=1S/C18H23FN2O3/c1-4-18(24)7-8-21(10-15(18)22)17(23)16-11(2)13-9-12(19)5-6-14(13)20(16)3/h5-6,9,15,22,24H,4,7-8,10H2,1-3H3/t15-,18-/m1/s1. The minimum atomic E-state index is -1.13. The van der Waals surface area contributed by atoms with E-state index in [9.17, 15) is 19.4 Å². The van der Waals surface area contributed by atoms with Crippen molar-refractivity contribution in [1.82, 2.24) is 9.47 Å². The van der Waals surface area contributed by atoms with Gasteiger partial charge in [-0.1, -0.05) is 6.92 Å². The van der Waals surface area contributed by atoms with E-state index >= 15 is 0 Å². The zero-order valence-electron chi connectivity index (χ0n) is 14.2. The van der Waals surface area contributed by atoms with E-state index in [-0.39, 0.29) is 18.3 Å². The van der Waals surface area contributed by atoms with Gasteiger partial charge in [-0.3, -0.25) is 4.79 Å². The molecule has 2 aromatic rings. The lowest BCUT2D eigenvalue weighted by Gasteiger charge is -2.41. The number of amides is 1. The number of hydrogen-bond acceptors (Lipinski definition) is 3. The molecular formula is C18H23FN2O3. The van der Waals surface area contributed by atoms with E-state index in [1.807, 2.05) is 6.92 Å². The van der Waals surface area contributed by atoms with Gasteiger partial charge in [-0.2, -0.15) is 0 Å². The molecule has 3 rings (SSSR count). The molecule has 0 spiro atoms. The molecule has 1 saturated heterocycles. The Labute approximate surface area is 140 Å². The average Bonchev–Trinajstić information content (AvgIpc) is 2.80. The SMILES string of the molecule is CC[C@@]1(O)CCN(C(=O)c2c(C)c3cc(F)ccc3n2C)C[C@H]1O. The number of halogens is 1. The van der Waals surface area contributed by atoms with Gasteiger partial charge in [0.25, 0.3) is 5.91 Å². The smallest absolute Gasteiger partial charge is 0.270 e. The number of carbonyl (C=O) groups excluding carboxylic acids is 1. The monoisotopic (exact) mass is 334 g/mol. The fraction of sp³-hybridized carbons (Fsp3) is 0.500. The van der Waals surface area contributed by atoms with Crippen LogP contribution in [0.1, 0.15) is 35.8 Å². The molecule has 2 atom stereocenters. The average molecular weight is 334 g/mol. The summed E-state index contributed by atoms with van der Waals surface area (Å²) in [6, 6.07) is 4.47. The number of nitrogens with zero attached hydrogens (tertiary/aromatic N) is 2. The fourth-order valence-electron chi connectivity index (χ4n) is 3.62. The molecule has 5 nitrogen and oxygen atoms in total. The second-order valence-corrected chi connectivity index (χ2v) is 6.67. The van der Waals surface area contributed by atoms with Gasteiger partial charge < -0.3 is 19.7 Å². The number of aliphatic hydroxyl groups excluding tert-OH is 1. The molecule has 1 aromatic carbocycles. The van der Waals surface area contributed by atoms with Crippen LogP contribution in [0.15, 0.2) is 18.2 Å². The summed E-state index contributed by atoms with van der Waals surface area (Å²) in [6.45, 7) is 4.11. The molecule has 0 unspecified atom stereocenters. The summed E-state index contributed by atoms with van der Waals surface area (Å²) in [7, 11) is 1.78. The quantitative estimate of drug-likeness (QED) is 0.882. The minimum absolute atomic E-state index is 0.0957. The first-order valence-electron chi connectivity index (χ1n) is 8.22. The molecule has 130 valence electrons. The molecule has 0 saturated carbocycles. The number of piperidine rings is 1. The molecule has 24 heavy (non-hydrogen) atoms. The molecule has 1 aromatic heterocycles. The third-order valence-electron chi connectivity index (χ3n) is 5.34. The van der Waals surface area contributed by atoms with Crippen LogP contribution >= 0.6 is 0 Å². The predicted molar refractivity (Wildman–Crippen MR) is 89.4 cm³/mol. The molecule has 1 aliphatic heterocycles. The van der Waals surface area contributed by atoms with Crippen molar-refractivity contribution in [3.63, 3.8) is 0 Å². The lowest BCUT2D eigenvalue weighted by atomic mass is 9.86. The molecule has 0 radical (unpaired) electrons. The molecule has 1 amide bonds. The van der Waals surface area contributed by atoms with E-state index in [2.05, 4.69) is 0 Å². The molecule has 1 aliphatic rings. The van der Waals surface area contributed by atoms with E-state index in [0.717, 1.165) is 11.1 Å². The van der Waals surface area contributed by atoms with Crippen LogP contribution in [0.25, 0.3) is 10.9 Å². The van der Waals surface area contributed by atoms with Crippen molar-refractivity contribution in [2.75, 3.05) is 13.1 Å². The summed E-state index contributed by atoms with van der Waals surface area (Å²) in [6.07, 6.45) is -0.177. The van der Waals surface area contributed by atoms with Gasteiger partial charge in [-0.25, -0.2) is 4.39 Å². The number of aryl methyl sites for hydroxylation is 2. The summed E-state index contributed by atoms with van der Waals surface area (Å²) in [5, 5.41) is 21.3. The van der Waals surface area contributed by atoms with Crippen molar-refractivity contribution in [2.45, 2.75) is 38.4 Å². The Morgan fingerprint density at radius 2 is 2.17 bits per heavy atom. The number of benzene rings is 1. The first-order valence-corrected chi connectivity index (χ1v) is 8.22. The van der Waals surface area contributed by atoms with E-state index < -0.39 is 11.7 Å². The lowest BCUT2D eigenvalue weighted by molar-refractivity contribution is -0.114. The highest BCUT2D eigenvalue weighted by molar-refractivity contribution is 6.01. The van der Waals surface area contributed by atoms with Crippen LogP contribution in [-0.2, 0) is 7.05 Å². The molecule has 0 bridgehead atoms. The lowest BCUT2D eigenvalue weighted by Crippen LogP contribution is -2.56. The second kappa shape index (κ2) is 5.86. The summed E-state index contributed by atoms with van der Waals surface area (Å²) >= 11 is 0. The number of carbonyl (C=O) groups is 1. The second-order valence-electron chi connectivity index (χ2n) is 6.67. The summed E-state index contributed by atoms with van der Waals surface area (Å²) in [5.74, 6) is -0.541. The van der Waals surface area contributed by atoms with E-state index in [1.165, 1.54) is 12.1 Å². The number of rotatable bonds is 2. The first kappa shape index (κ1) is 16.9. The third kappa shape index (κ3) is 2.50.